The quantitative estimate of drug-likeness (QED) is 0.728. The highest BCUT2D eigenvalue weighted by Crippen LogP contribution is 2.25. The van der Waals surface area contributed by atoms with Crippen molar-refractivity contribution in [2.24, 2.45) is 5.10 Å². The van der Waals surface area contributed by atoms with Crippen LogP contribution in [0.2, 0.25) is 0 Å². The molecule has 1 saturated heterocycles. The zero-order valence-electron chi connectivity index (χ0n) is 13.4. The minimum atomic E-state index is -0.581. The lowest BCUT2D eigenvalue weighted by Crippen LogP contribution is -2.29. The molecule has 0 aliphatic carbocycles. The van der Waals surface area contributed by atoms with Gasteiger partial charge in [-0.2, -0.15) is 0 Å². The standard InChI is InChI=1S/C17H16N4O3S/c1-10(22)20-21-17-19-16(24)14(25-17)9-15(23)18-13-8-4-6-11-5-2-3-7-12(11)13/h2-8,14H,9H2,1H3,(H,18,23)(H,20,22)(H,19,21,24)/t14-/m1/s1. The largest absolute Gasteiger partial charge is 0.325 e. The number of anilines is 1. The fraction of sp³-hybridized carbons (Fsp3) is 0.176. The van der Waals surface area contributed by atoms with Crippen molar-refractivity contribution in [3.8, 4) is 0 Å². The van der Waals surface area contributed by atoms with Crippen LogP contribution in [-0.2, 0) is 14.4 Å². The van der Waals surface area contributed by atoms with Crippen LogP contribution < -0.4 is 16.1 Å². The highest BCUT2D eigenvalue weighted by atomic mass is 32.2. The highest BCUT2D eigenvalue weighted by Gasteiger charge is 2.32. The van der Waals surface area contributed by atoms with Crippen molar-refractivity contribution in [1.82, 2.24) is 10.7 Å². The van der Waals surface area contributed by atoms with Crippen LogP contribution in [0.3, 0.4) is 0 Å². The second-order valence-corrected chi connectivity index (χ2v) is 6.65. The molecule has 3 N–H and O–H groups in total. The summed E-state index contributed by atoms with van der Waals surface area (Å²) in [6.45, 7) is 1.32. The Morgan fingerprint density at radius 1 is 1.20 bits per heavy atom. The monoisotopic (exact) mass is 356 g/mol. The van der Waals surface area contributed by atoms with E-state index in [9.17, 15) is 14.4 Å². The third kappa shape index (κ3) is 4.16. The van der Waals surface area contributed by atoms with E-state index in [1.54, 1.807) is 0 Å². The van der Waals surface area contributed by atoms with Crippen molar-refractivity contribution in [3.05, 3.63) is 42.5 Å². The summed E-state index contributed by atoms with van der Waals surface area (Å²) in [6, 6.07) is 13.4. The van der Waals surface area contributed by atoms with E-state index in [1.165, 1.54) is 6.92 Å². The maximum atomic E-state index is 12.3. The molecule has 1 aliphatic heterocycles. The summed E-state index contributed by atoms with van der Waals surface area (Å²) in [6.07, 6.45) is 0.0127. The Morgan fingerprint density at radius 2 is 1.96 bits per heavy atom. The SMILES string of the molecule is CC(=O)N/N=C1\NC(=O)[C@@H](CC(=O)Nc2cccc3ccccc23)S1. The van der Waals surface area contributed by atoms with Gasteiger partial charge >= 0.3 is 0 Å². The van der Waals surface area contributed by atoms with Gasteiger partial charge in [0.2, 0.25) is 17.7 Å². The van der Waals surface area contributed by atoms with E-state index in [1.807, 2.05) is 42.5 Å². The molecule has 0 unspecified atom stereocenters. The van der Waals surface area contributed by atoms with E-state index in [0.717, 1.165) is 22.5 Å². The van der Waals surface area contributed by atoms with Crippen LogP contribution in [0.25, 0.3) is 10.8 Å². The predicted molar refractivity (Wildman–Crippen MR) is 98.0 cm³/mol. The van der Waals surface area contributed by atoms with Gasteiger partial charge in [-0.15, -0.1) is 5.10 Å². The van der Waals surface area contributed by atoms with Crippen LogP contribution >= 0.6 is 11.8 Å². The summed E-state index contributed by atoms with van der Waals surface area (Å²) in [5, 5.41) is 10.8. The second-order valence-electron chi connectivity index (χ2n) is 5.46. The zero-order chi connectivity index (χ0) is 17.8. The van der Waals surface area contributed by atoms with Crippen molar-refractivity contribution in [2.75, 3.05) is 5.32 Å². The Balaban J connectivity index is 1.65. The summed E-state index contributed by atoms with van der Waals surface area (Å²) in [4.78, 5) is 35.1. The molecule has 2 aromatic rings. The van der Waals surface area contributed by atoms with Gasteiger partial charge in [0.15, 0.2) is 5.17 Å². The van der Waals surface area contributed by atoms with Crippen molar-refractivity contribution < 1.29 is 14.4 Å². The second kappa shape index (κ2) is 7.35. The Morgan fingerprint density at radius 3 is 2.76 bits per heavy atom. The first-order chi connectivity index (χ1) is 12.0. The normalized spacial score (nSPS) is 18.2. The molecule has 0 aromatic heterocycles. The summed E-state index contributed by atoms with van der Waals surface area (Å²) in [5.41, 5.74) is 2.96. The lowest BCUT2D eigenvalue weighted by molar-refractivity contribution is -0.122. The number of hydrazone groups is 1. The highest BCUT2D eigenvalue weighted by molar-refractivity contribution is 8.15. The Kier molecular flexibility index (Phi) is 4.99. The lowest BCUT2D eigenvalue weighted by atomic mass is 10.1. The molecule has 3 rings (SSSR count). The number of rotatable bonds is 4. The van der Waals surface area contributed by atoms with Gasteiger partial charge in [0, 0.05) is 24.4 Å². The number of hydrogen-bond acceptors (Lipinski definition) is 5. The minimum Gasteiger partial charge on any atom is -0.325 e. The van der Waals surface area contributed by atoms with Crippen LogP contribution in [0.4, 0.5) is 5.69 Å². The third-order valence-corrected chi connectivity index (χ3v) is 4.61. The molecule has 1 atom stereocenters. The van der Waals surface area contributed by atoms with Gasteiger partial charge in [0.25, 0.3) is 0 Å². The fourth-order valence-corrected chi connectivity index (χ4v) is 3.35. The molecule has 0 spiro atoms. The summed E-state index contributed by atoms with van der Waals surface area (Å²) >= 11 is 1.12. The van der Waals surface area contributed by atoms with Gasteiger partial charge in [0.05, 0.1) is 0 Å². The van der Waals surface area contributed by atoms with Gasteiger partial charge in [-0.25, -0.2) is 5.43 Å². The first kappa shape index (κ1) is 17.0. The number of carbonyl (C=O) groups is 3. The molecule has 1 aliphatic rings. The summed E-state index contributed by atoms with van der Waals surface area (Å²) in [7, 11) is 0. The molecule has 3 amide bonds. The summed E-state index contributed by atoms with van der Waals surface area (Å²) in [5.74, 6) is -0.897. The predicted octanol–water partition coefficient (Wildman–Crippen LogP) is 1.81. The van der Waals surface area contributed by atoms with Gasteiger partial charge in [-0.3, -0.25) is 14.4 Å². The number of benzene rings is 2. The van der Waals surface area contributed by atoms with Gasteiger partial charge < -0.3 is 10.6 Å². The molecule has 8 heteroatoms. The fourth-order valence-electron chi connectivity index (χ4n) is 2.43. The number of amides is 3. The number of fused-ring (bicyclic) bond motifs is 1. The third-order valence-electron chi connectivity index (χ3n) is 3.53. The first-order valence-electron chi connectivity index (χ1n) is 7.62. The van der Waals surface area contributed by atoms with E-state index in [0.29, 0.717) is 5.69 Å². The minimum absolute atomic E-state index is 0.0127. The molecular weight excluding hydrogens is 340 g/mol. The topological polar surface area (TPSA) is 99.7 Å². The smallest absolute Gasteiger partial charge is 0.240 e. The van der Waals surface area contributed by atoms with Crippen molar-refractivity contribution in [3.63, 3.8) is 0 Å². The molecular formula is C17H16N4O3S. The van der Waals surface area contributed by atoms with Crippen molar-refractivity contribution in [2.45, 2.75) is 18.6 Å². The number of thioether (sulfide) groups is 1. The molecule has 0 bridgehead atoms. The zero-order valence-corrected chi connectivity index (χ0v) is 14.2. The van der Waals surface area contributed by atoms with Crippen LogP contribution in [-0.4, -0.2) is 28.1 Å². The van der Waals surface area contributed by atoms with Crippen molar-refractivity contribution >= 4 is 51.1 Å². The maximum absolute atomic E-state index is 12.3. The van der Waals surface area contributed by atoms with E-state index in [-0.39, 0.29) is 29.3 Å². The molecule has 7 nitrogen and oxygen atoms in total. The van der Waals surface area contributed by atoms with E-state index < -0.39 is 5.25 Å². The van der Waals surface area contributed by atoms with E-state index in [2.05, 4.69) is 21.2 Å². The van der Waals surface area contributed by atoms with E-state index >= 15 is 0 Å². The van der Waals surface area contributed by atoms with Gasteiger partial charge in [-0.1, -0.05) is 48.2 Å². The van der Waals surface area contributed by atoms with Crippen molar-refractivity contribution in [1.29, 1.82) is 0 Å². The number of nitrogens with zero attached hydrogens (tertiary/aromatic N) is 1. The average molecular weight is 356 g/mol. The number of carbonyl (C=O) groups excluding carboxylic acids is 3. The van der Waals surface area contributed by atoms with Gasteiger partial charge in [0.1, 0.15) is 5.25 Å². The van der Waals surface area contributed by atoms with Gasteiger partial charge in [-0.05, 0) is 11.5 Å². The molecule has 0 saturated carbocycles. The van der Waals surface area contributed by atoms with Crippen LogP contribution in [0.1, 0.15) is 13.3 Å². The Bertz CT molecular complexity index is 876. The Labute approximate surface area is 148 Å². The van der Waals surface area contributed by atoms with Crippen LogP contribution in [0.5, 0.6) is 0 Å². The summed E-state index contributed by atoms with van der Waals surface area (Å²) < 4.78 is 0. The molecule has 1 heterocycles. The number of hydrogen-bond donors (Lipinski definition) is 3. The maximum Gasteiger partial charge on any atom is 0.240 e. The van der Waals surface area contributed by atoms with Crippen LogP contribution in [0.15, 0.2) is 47.6 Å². The molecule has 2 aromatic carbocycles. The lowest BCUT2D eigenvalue weighted by Gasteiger charge is -2.10. The molecule has 1 fully saturated rings. The number of amidine groups is 1. The molecule has 25 heavy (non-hydrogen) atoms. The molecule has 0 radical (unpaired) electrons. The molecule has 128 valence electrons. The average Bonchev–Trinajstić information content (AvgIpc) is 2.93. The van der Waals surface area contributed by atoms with Crippen LogP contribution in [0, 0.1) is 0 Å². The van der Waals surface area contributed by atoms with E-state index in [4.69, 9.17) is 0 Å². The number of nitrogens with one attached hydrogen (secondary N) is 3. The first-order valence-corrected chi connectivity index (χ1v) is 8.50. The Hall–Kier alpha value is -2.87.